The maximum atomic E-state index is 12.2. The first-order chi connectivity index (χ1) is 10.7. The van der Waals surface area contributed by atoms with E-state index in [4.69, 9.17) is 9.47 Å². The first kappa shape index (κ1) is 18.2. The van der Waals surface area contributed by atoms with Gasteiger partial charge in [0.15, 0.2) is 0 Å². The molecule has 22 heavy (non-hydrogen) atoms. The van der Waals surface area contributed by atoms with Crippen molar-refractivity contribution >= 4 is 11.9 Å². The number of ether oxygens (including phenoxy) is 2. The number of carbonyl (C=O) groups is 2. The molecule has 1 aliphatic carbocycles. The summed E-state index contributed by atoms with van der Waals surface area (Å²) in [6.45, 7) is 4.54. The molecular formula is C18H26O4. The monoisotopic (exact) mass is 306 g/mol. The highest BCUT2D eigenvalue weighted by Gasteiger charge is 2.35. The molecule has 0 radical (unpaired) electrons. The van der Waals surface area contributed by atoms with Crippen molar-refractivity contribution in [1.29, 1.82) is 0 Å². The largest absolute Gasteiger partial charge is 0.465 e. The fourth-order valence-electron chi connectivity index (χ4n) is 2.33. The van der Waals surface area contributed by atoms with E-state index in [2.05, 4.69) is 0 Å². The van der Waals surface area contributed by atoms with Gasteiger partial charge in [-0.1, -0.05) is 36.5 Å². The van der Waals surface area contributed by atoms with Crippen LogP contribution in [0.3, 0.4) is 0 Å². The summed E-state index contributed by atoms with van der Waals surface area (Å²) in [5, 5.41) is 0. The second-order valence-corrected chi connectivity index (χ2v) is 5.19. The molecule has 1 aliphatic rings. The fourth-order valence-corrected chi connectivity index (χ4v) is 2.33. The van der Waals surface area contributed by atoms with E-state index in [0.717, 1.165) is 6.42 Å². The number of rotatable bonds is 8. The van der Waals surface area contributed by atoms with Crippen molar-refractivity contribution in [3.63, 3.8) is 0 Å². The topological polar surface area (TPSA) is 52.6 Å². The van der Waals surface area contributed by atoms with Crippen LogP contribution in [0, 0.1) is 11.8 Å². The molecule has 0 bridgehead atoms. The van der Waals surface area contributed by atoms with Crippen LogP contribution >= 0.6 is 0 Å². The highest BCUT2D eigenvalue weighted by molar-refractivity contribution is 5.83. The van der Waals surface area contributed by atoms with E-state index in [9.17, 15) is 9.59 Å². The minimum atomic E-state index is -0.520. The van der Waals surface area contributed by atoms with Gasteiger partial charge in [0, 0.05) is 0 Å². The lowest BCUT2D eigenvalue weighted by Gasteiger charge is -2.24. The lowest BCUT2D eigenvalue weighted by Crippen LogP contribution is -2.33. The summed E-state index contributed by atoms with van der Waals surface area (Å²) in [4.78, 5) is 24.3. The number of carbonyl (C=O) groups excluding carboxylic acids is 2. The fraction of sp³-hybridized carbons (Fsp3) is 0.556. The van der Waals surface area contributed by atoms with Crippen molar-refractivity contribution in [1.82, 2.24) is 0 Å². The van der Waals surface area contributed by atoms with E-state index in [1.165, 1.54) is 0 Å². The van der Waals surface area contributed by atoms with Crippen LogP contribution in [0.2, 0.25) is 0 Å². The summed E-state index contributed by atoms with van der Waals surface area (Å²) in [5.74, 6) is -1.58. The minimum absolute atomic E-state index is 0.302. The minimum Gasteiger partial charge on any atom is -0.465 e. The molecule has 0 aromatic carbocycles. The zero-order valence-electron chi connectivity index (χ0n) is 13.5. The van der Waals surface area contributed by atoms with Crippen LogP contribution in [0.1, 0.15) is 39.5 Å². The van der Waals surface area contributed by atoms with Gasteiger partial charge in [-0.3, -0.25) is 9.59 Å². The second-order valence-electron chi connectivity index (χ2n) is 5.19. The standard InChI is InChI=1S/C18H26O4/c1-3-5-9-13-21-17(19)15-11-7-8-12-16(15)18(20)22-14-10-6-4-2/h3-7,11,15-16H,8-10,12-14H2,1-2H3/b5-3+,6-4+. The summed E-state index contributed by atoms with van der Waals surface area (Å²) < 4.78 is 10.5. The molecule has 0 aromatic rings. The summed E-state index contributed by atoms with van der Waals surface area (Å²) in [6.07, 6.45) is 14.2. The van der Waals surface area contributed by atoms with Gasteiger partial charge in [-0.2, -0.15) is 0 Å². The summed E-state index contributed by atoms with van der Waals surface area (Å²) in [5.41, 5.74) is 0. The number of esters is 2. The van der Waals surface area contributed by atoms with Crippen molar-refractivity contribution in [2.75, 3.05) is 13.2 Å². The van der Waals surface area contributed by atoms with Crippen molar-refractivity contribution in [3.05, 3.63) is 36.5 Å². The van der Waals surface area contributed by atoms with E-state index in [-0.39, 0.29) is 11.9 Å². The molecule has 0 aromatic heterocycles. The molecule has 0 N–H and O–H groups in total. The average molecular weight is 306 g/mol. The van der Waals surface area contributed by atoms with Crippen LogP contribution in [0.5, 0.6) is 0 Å². The van der Waals surface area contributed by atoms with Crippen LogP contribution in [-0.4, -0.2) is 25.2 Å². The van der Waals surface area contributed by atoms with Crippen LogP contribution in [-0.2, 0) is 19.1 Å². The van der Waals surface area contributed by atoms with E-state index in [0.29, 0.717) is 32.5 Å². The Balaban J connectivity index is 2.50. The van der Waals surface area contributed by atoms with Gasteiger partial charge < -0.3 is 9.47 Å². The molecule has 1 rings (SSSR count). The van der Waals surface area contributed by atoms with E-state index in [1.54, 1.807) is 6.08 Å². The van der Waals surface area contributed by atoms with Gasteiger partial charge in [0.05, 0.1) is 25.0 Å². The quantitative estimate of drug-likeness (QED) is 0.391. The van der Waals surface area contributed by atoms with Crippen molar-refractivity contribution in [2.24, 2.45) is 11.8 Å². The van der Waals surface area contributed by atoms with Gasteiger partial charge in [0.25, 0.3) is 0 Å². The first-order valence-corrected chi connectivity index (χ1v) is 7.93. The van der Waals surface area contributed by atoms with E-state index in [1.807, 2.05) is 44.2 Å². The molecule has 0 heterocycles. The smallest absolute Gasteiger partial charge is 0.313 e. The van der Waals surface area contributed by atoms with Crippen LogP contribution in [0.4, 0.5) is 0 Å². The highest BCUT2D eigenvalue weighted by Crippen LogP contribution is 2.27. The van der Waals surface area contributed by atoms with Crippen LogP contribution < -0.4 is 0 Å². The Bertz CT molecular complexity index is 434. The molecule has 0 spiro atoms. The average Bonchev–Trinajstić information content (AvgIpc) is 2.55. The molecule has 0 aliphatic heterocycles. The Labute approximate surface area is 132 Å². The Morgan fingerprint density at radius 2 is 1.64 bits per heavy atom. The Kier molecular flexibility index (Phi) is 8.96. The molecule has 0 amide bonds. The lowest BCUT2D eigenvalue weighted by molar-refractivity contribution is -0.159. The van der Waals surface area contributed by atoms with Crippen molar-refractivity contribution in [3.8, 4) is 0 Å². The van der Waals surface area contributed by atoms with Crippen molar-refractivity contribution < 1.29 is 19.1 Å². The number of allylic oxidation sites excluding steroid dienone is 3. The van der Waals surface area contributed by atoms with E-state index < -0.39 is 11.8 Å². The van der Waals surface area contributed by atoms with Crippen molar-refractivity contribution in [2.45, 2.75) is 39.5 Å². The molecule has 4 nitrogen and oxygen atoms in total. The lowest BCUT2D eigenvalue weighted by atomic mass is 9.84. The molecule has 2 unspecified atom stereocenters. The van der Waals surface area contributed by atoms with Crippen LogP contribution in [0.15, 0.2) is 36.5 Å². The maximum absolute atomic E-state index is 12.2. The Hall–Kier alpha value is -1.84. The van der Waals surface area contributed by atoms with Gasteiger partial charge in [0.1, 0.15) is 0 Å². The second kappa shape index (κ2) is 10.8. The highest BCUT2D eigenvalue weighted by atomic mass is 16.5. The third-order valence-corrected chi connectivity index (χ3v) is 3.53. The Morgan fingerprint density at radius 3 is 2.23 bits per heavy atom. The summed E-state index contributed by atoms with van der Waals surface area (Å²) >= 11 is 0. The van der Waals surface area contributed by atoms with Crippen LogP contribution in [0.25, 0.3) is 0 Å². The maximum Gasteiger partial charge on any atom is 0.313 e. The number of hydrogen-bond donors (Lipinski definition) is 0. The summed E-state index contributed by atoms with van der Waals surface area (Å²) in [7, 11) is 0. The molecule has 0 saturated carbocycles. The van der Waals surface area contributed by atoms with Gasteiger partial charge in [-0.05, 0) is 39.5 Å². The van der Waals surface area contributed by atoms with E-state index >= 15 is 0 Å². The van der Waals surface area contributed by atoms with Gasteiger partial charge >= 0.3 is 11.9 Å². The third kappa shape index (κ3) is 6.29. The normalized spacial score (nSPS) is 21.4. The SMILES string of the molecule is C/C=C/CCOC(=O)C1C=CCCC1C(=O)OCC/C=C/C. The zero-order chi connectivity index (χ0) is 16.2. The van der Waals surface area contributed by atoms with Gasteiger partial charge in [-0.25, -0.2) is 0 Å². The molecule has 0 saturated heterocycles. The predicted molar refractivity (Wildman–Crippen MR) is 86.1 cm³/mol. The predicted octanol–water partition coefficient (Wildman–Crippen LogP) is 3.59. The zero-order valence-corrected chi connectivity index (χ0v) is 13.5. The molecule has 2 atom stereocenters. The van der Waals surface area contributed by atoms with Gasteiger partial charge in [-0.15, -0.1) is 0 Å². The molecule has 4 heteroatoms. The number of hydrogen-bond acceptors (Lipinski definition) is 4. The first-order valence-electron chi connectivity index (χ1n) is 7.93. The molecule has 0 fully saturated rings. The van der Waals surface area contributed by atoms with Gasteiger partial charge in [0.2, 0.25) is 0 Å². The third-order valence-electron chi connectivity index (χ3n) is 3.53. The molecule has 122 valence electrons. The Morgan fingerprint density at radius 1 is 1.05 bits per heavy atom. The summed E-state index contributed by atoms with van der Waals surface area (Å²) in [6, 6.07) is 0. The molecular weight excluding hydrogens is 280 g/mol.